The van der Waals surface area contributed by atoms with Gasteiger partial charge >= 0.3 is 6.09 Å². The second-order valence-electron chi connectivity index (χ2n) is 7.77. The van der Waals surface area contributed by atoms with Crippen molar-refractivity contribution in [3.63, 3.8) is 0 Å². The lowest BCUT2D eigenvalue weighted by Gasteiger charge is -2.30. The molecule has 0 aliphatic carbocycles. The number of likely N-dealkylation sites (tertiary alicyclic amines) is 1. The number of carbonyl (C=O) groups is 1. The molecule has 4 rings (SSSR count). The van der Waals surface area contributed by atoms with Crippen LogP contribution in [0.5, 0.6) is 5.88 Å². The molecule has 31 heavy (non-hydrogen) atoms. The average Bonchev–Trinajstić information content (AvgIpc) is 2.78. The third kappa shape index (κ3) is 4.96. The normalized spacial score (nSPS) is 17.5. The van der Waals surface area contributed by atoms with Gasteiger partial charge in [-0.3, -0.25) is 0 Å². The minimum atomic E-state index is -0.883. The summed E-state index contributed by atoms with van der Waals surface area (Å²) in [7, 11) is 0. The Hall–Kier alpha value is -3.14. The van der Waals surface area contributed by atoms with E-state index in [1.54, 1.807) is 0 Å². The Balaban J connectivity index is 1.43. The lowest BCUT2D eigenvalue weighted by atomic mass is 10.1. The maximum absolute atomic E-state index is 11.1. The molecule has 4 heterocycles. The second kappa shape index (κ2) is 9.34. The SMILES string of the molecule is Cc1nc(N2CCOCC2)ccc1Nc1ncnc(OC2CCN(C(=O)O)CC2)c1C. The number of amides is 1. The summed E-state index contributed by atoms with van der Waals surface area (Å²) in [6.45, 7) is 7.95. The van der Waals surface area contributed by atoms with Gasteiger partial charge in [0.1, 0.15) is 24.1 Å². The predicted octanol–water partition coefficient (Wildman–Crippen LogP) is 2.59. The van der Waals surface area contributed by atoms with E-state index < -0.39 is 6.09 Å². The molecule has 0 spiro atoms. The number of carboxylic acid groups (broad SMARTS) is 1. The molecule has 0 bridgehead atoms. The maximum Gasteiger partial charge on any atom is 0.407 e. The van der Waals surface area contributed by atoms with Gasteiger partial charge in [0.15, 0.2) is 0 Å². The summed E-state index contributed by atoms with van der Waals surface area (Å²) in [6, 6.07) is 4.02. The topological polar surface area (TPSA) is 113 Å². The smallest absolute Gasteiger partial charge is 0.407 e. The number of aromatic nitrogens is 3. The molecule has 2 aromatic heterocycles. The highest BCUT2D eigenvalue weighted by molar-refractivity contribution is 5.65. The molecular formula is C21H28N6O4. The summed E-state index contributed by atoms with van der Waals surface area (Å²) in [5.74, 6) is 2.13. The number of morpholine rings is 1. The van der Waals surface area contributed by atoms with Gasteiger partial charge in [-0.25, -0.2) is 19.7 Å². The highest BCUT2D eigenvalue weighted by Gasteiger charge is 2.24. The van der Waals surface area contributed by atoms with Gasteiger partial charge < -0.3 is 29.7 Å². The fraction of sp³-hybridized carbons (Fsp3) is 0.524. The molecule has 0 atom stereocenters. The molecule has 10 heteroatoms. The van der Waals surface area contributed by atoms with E-state index in [2.05, 4.69) is 20.2 Å². The van der Waals surface area contributed by atoms with Crippen LogP contribution in [-0.4, -0.2) is 76.5 Å². The zero-order valence-electron chi connectivity index (χ0n) is 17.9. The number of anilines is 3. The Kier molecular flexibility index (Phi) is 6.36. The monoisotopic (exact) mass is 428 g/mol. The Morgan fingerprint density at radius 2 is 1.90 bits per heavy atom. The minimum absolute atomic E-state index is 0.0618. The number of hydrogen-bond donors (Lipinski definition) is 2. The van der Waals surface area contributed by atoms with Gasteiger partial charge in [-0.15, -0.1) is 0 Å². The van der Waals surface area contributed by atoms with Crippen LogP contribution in [0.1, 0.15) is 24.1 Å². The number of rotatable bonds is 5. The van der Waals surface area contributed by atoms with Gasteiger partial charge in [0, 0.05) is 39.0 Å². The molecule has 2 fully saturated rings. The predicted molar refractivity (Wildman–Crippen MR) is 115 cm³/mol. The van der Waals surface area contributed by atoms with E-state index in [0.29, 0.717) is 37.6 Å². The average molecular weight is 428 g/mol. The molecule has 2 aliphatic heterocycles. The molecule has 0 radical (unpaired) electrons. The van der Waals surface area contributed by atoms with E-state index in [-0.39, 0.29) is 6.10 Å². The number of nitrogens with zero attached hydrogens (tertiary/aromatic N) is 5. The highest BCUT2D eigenvalue weighted by Crippen LogP contribution is 2.28. The summed E-state index contributed by atoms with van der Waals surface area (Å²) in [5.41, 5.74) is 2.56. The first kappa shape index (κ1) is 21.1. The number of pyridine rings is 1. The van der Waals surface area contributed by atoms with Crippen molar-refractivity contribution in [3.8, 4) is 5.88 Å². The van der Waals surface area contributed by atoms with Crippen molar-refractivity contribution in [2.45, 2.75) is 32.8 Å². The first-order valence-electron chi connectivity index (χ1n) is 10.5. The summed E-state index contributed by atoms with van der Waals surface area (Å²) in [4.78, 5) is 28.1. The molecular weight excluding hydrogens is 400 g/mol. The Bertz CT molecular complexity index is 926. The van der Waals surface area contributed by atoms with Crippen LogP contribution in [0, 0.1) is 13.8 Å². The molecule has 2 N–H and O–H groups in total. The van der Waals surface area contributed by atoms with Crippen molar-refractivity contribution >= 4 is 23.4 Å². The largest absolute Gasteiger partial charge is 0.474 e. The van der Waals surface area contributed by atoms with Crippen molar-refractivity contribution < 1.29 is 19.4 Å². The first-order valence-corrected chi connectivity index (χ1v) is 10.5. The Labute approximate surface area is 181 Å². The zero-order chi connectivity index (χ0) is 21.8. The van der Waals surface area contributed by atoms with E-state index in [9.17, 15) is 4.79 Å². The molecule has 166 valence electrons. The molecule has 10 nitrogen and oxygen atoms in total. The van der Waals surface area contributed by atoms with Crippen LogP contribution in [0.15, 0.2) is 18.5 Å². The Morgan fingerprint density at radius 3 is 2.58 bits per heavy atom. The fourth-order valence-corrected chi connectivity index (χ4v) is 3.78. The number of nitrogens with one attached hydrogen (secondary N) is 1. The van der Waals surface area contributed by atoms with Gasteiger partial charge in [0.05, 0.1) is 30.2 Å². The number of hydrogen-bond acceptors (Lipinski definition) is 8. The van der Waals surface area contributed by atoms with Crippen molar-refractivity contribution in [2.75, 3.05) is 49.6 Å². The van der Waals surface area contributed by atoms with Crippen molar-refractivity contribution in [3.05, 3.63) is 29.7 Å². The summed E-state index contributed by atoms with van der Waals surface area (Å²) in [5, 5.41) is 12.4. The molecule has 2 saturated heterocycles. The third-order valence-corrected chi connectivity index (χ3v) is 5.69. The van der Waals surface area contributed by atoms with E-state index >= 15 is 0 Å². The maximum atomic E-state index is 11.1. The summed E-state index contributed by atoms with van der Waals surface area (Å²) < 4.78 is 11.5. The molecule has 0 unspecified atom stereocenters. The molecule has 2 aliphatic rings. The van der Waals surface area contributed by atoms with E-state index in [1.807, 2.05) is 26.0 Å². The van der Waals surface area contributed by atoms with Crippen molar-refractivity contribution in [2.24, 2.45) is 0 Å². The van der Waals surface area contributed by atoms with Gasteiger partial charge in [0.25, 0.3) is 0 Å². The van der Waals surface area contributed by atoms with Gasteiger partial charge in [-0.1, -0.05) is 0 Å². The first-order chi connectivity index (χ1) is 15.0. The van der Waals surface area contributed by atoms with Crippen LogP contribution >= 0.6 is 0 Å². The molecule has 0 saturated carbocycles. The van der Waals surface area contributed by atoms with Crippen LogP contribution in [0.4, 0.5) is 22.1 Å². The minimum Gasteiger partial charge on any atom is -0.474 e. The lowest BCUT2D eigenvalue weighted by Crippen LogP contribution is -2.41. The van der Waals surface area contributed by atoms with E-state index in [4.69, 9.17) is 19.6 Å². The summed E-state index contributed by atoms with van der Waals surface area (Å²) >= 11 is 0. The lowest BCUT2D eigenvalue weighted by molar-refractivity contribution is 0.0866. The third-order valence-electron chi connectivity index (χ3n) is 5.69. The number of aryl methyl sites for hydroxylation is 1. The van der Waals surface area contributed by atoms with Gasteiger partial charge in [-0.2, -0.15) is 0 Å². The summed E-state index contributed by atoms with van der Waals surface area (Å²) in [6.07, 6.45) is 1.82. The van der Waals surface area contributed by atoms with Crippen LogP contribution in [0.3, 0.4) is 0 Å². The van der Waals surface area contributed by atoms with Crippen molar-refractivity contribution in [1.29, 1.82) is 0 Å². The van der Waals surface area contributed by atoms with E-state index in [1.165, 1.54) is 11.2 Å². The highest BCUT2D eigenvalue weighted by atomic mass is 16.5. The van der Waals surface area contributed by atoms with Crippen LogP contribution in [-0.2, 0) is 4.74 Å². The van der Waals surface area contributed by atoms with Gasteiger partial charge in [0.2, 0.25) is 5.88 Å². The van der Waals surface area contributed by atoms with E-state index in [0.717, 1.165) is 49.1 Å². The number of piperidine rings is 1. The fourth-order valence-electron chi connectivity index (χ4n) is 3.78. The number of ether oxygens (including phenoxy) is 2. The quantitative estimate of drug-likeness (QED) is 0.742. The van der Waals surface area contributed by atoms with Gasteiger partial charge in [-0.05, 0) is 26.0 Å². The van der Waals surface area contributed by atoms with Crippen LogP contribution in [0.25, 0.3) is 0 Å². The van der Waals surface area contributed by atoms with Crippen LogP contribution < -0.4 is 15.0 Å². The molecule has 2 aromatic rings. The zero-order valence-corrected chi connectivity index (χ0v) is 17.9. The molecule has 0 aromatic carbocycles. The molecule has 1 amide bonds. The van der Waals surface area contributed by atoms with Crippen LogP contribution in [0.2, 0.25) is 0 Å². The van der Waals surface area contributed by atoms with Crippen molar-refractivity contribution in [1.82, 2.24) is 19.9 Å². The Morgan fingerprint density at radius 1 is 1.16 bits per heavy atom. The standard InChI is InChI=1S/C21H28N6O4/c1-14-19(22-13-23-20(14)31-16-5-7-27(8-6-16)21(28)29)25-17-3-4-18(24-15(17)2)26-9-11-30-12-10-26/h3-4,13,16H,5-12H2,1-2H3,(H,28,29)(H,22,23,25). The second-order valence-corrected chi connectivity index (χ2v) is 7.77.